The predicted molar refractivity (Wildman–Crippen MR) is 81.7 cm³/mol. The lowest BCUT2D eigenvalue weighted by Gasteiger charge is -2.11. The van der Waals surface area contributed by atoms with E-state index in [9.17, 15) is 18.0 Å². The van der Waals surface area contributed by atoms with Gasteiger partial charge >= 0.3 is 0 Å². The topological polar surface area (TPSA) is 92.3 Å². The summed E-state index contributed by atoms with van der Waals surface area (Å²) < 4.78 is 23.2. The third-order valence-electron chi connectivity index (χ3n) is 3.13. The molecule has 1 aliphatic rings. The molecule has 1 unspecified atom stereocenters. The Morgan fingerprint density at radius 1 is 1.29 bits per heavy atom. The first-order valence-corrected chi connectivity index (χ1v) is 9.01. The summed E-state index contributed by atoms with van der Waals surface area (Å²) >= 11 is 3.26. The van der Waals surface area contributed by atoms with Crippen molar-refractivity contribution in [3.63, 3.8) is 0 Å². The summed E-state index contributed by atoms with van der Waals surface area (Å²) in [7, 11) is -3.03. The van der Waals surface area contributed by atoms with Gasteiger partial charge < -0.3 is 10.6 Å². The maximum Gasteiger partial charge on any atom is 0.252 e. The van der Waals surface area contributed by atoms with Crippen LogP contribution < -0.4 is 10.6 Å². The molecular weight excluding hydrogens is 360 g/mol. The van der Waals surface area contributed by atoms with E-state index >= 15 is 0 Å². The number of amides is 2. The van der Waals surface area contributed by atoms with Gasteiger partial charge in [0.25, 0.3) is 5.91 Å². The molecule has 6 nitrogen and oxygen atoms in total. The van der Waals surface area contributed by atoms with Gasteiger partial charge in [-0.25, -0.2) is 8.42 Å². The molecule has 1 aromatic carbocycles. The molecule has 1 aromatic rings. The quantitative estimate of drug-likeness (QED) is 0.801. The molecule has 2 amide bonds. The summed E-state index contributed by atoms with van der Waals surface area (Å²) in [5.74, 6) is -0.688. The van der Waals surface area contributed by atoms with Crippen molar-refractivity contribution in [1.29, 1.82) is 0 Å². The Hall–Kier alpha value is -1.41. The molecule has 0 bridgehead atoms. The summed E-state index contributed by atoms with van der Waals surface area (Å²) in [5, 5.41) is 5.12. The number of benzene rings is 1. The number of rotatable bonds is 4. The van der Waals surface area contributed by atoms with E-state index in [4.69, 9.17) is 0 Å². The highest BCUT2D eigenvalue weighted by Crippen LogP contribution is 2.15. The average Bonchev–Trinajstić information content (AvgIpc) is 2.75. The van der Waals surface area contributed by atoms with Gasteiger partial charge in [-0.05, 0) is 34.5 Å². The molecule has 1 saturated heterocycles. The van der Waals surface area contributed by atoms with Crippen LogP contribution in [0.5, 0.6) is 0 Å². The SMILES string of the molecule is O=C(CNC(=O)c1ccccc1Br)NC1CCS(=O)(=O)C1. The third kappa shape index (κ3) is 4.53. The highest BCUT2D eigenvalue weighted by Gasteiger charge is 2.28. The van der Waals surface area contributed by atoms with E-state index in [0.717, 1.165) is 0 Å². The average molecular weight is 375 g/mol. The van der Waals surface area contributed by atoms with E-state index in [1.807, 2.05) is 0 Å². The van der Waals surface area contributed by atoms with Crippen LogP contribution in [0.4, 0.5) is 0 Å². The first-order chi connectivity index (χ1) is 9.87. The van der Waals surface area contributed by atoms with Crippen molar-refractivity contribution in [1.82, 2.24) is 10.6 Å². The minimum atomic E-state index is -3.03. The number of carbonyl (C=O) groups is 2. The fourth-order valence-electron chi connectivity index (χ4n) is 2.09. The minimum absolute atomic E-state index is 0.0308. The van der Waals surface area contributed by atoms with Crippen molar-refractivity contribution in [2.45, 2.75) is 12.5 Å². The summed E-state index contributed by atoms with van der Waals surface area (Å²) in [6.45, 7) is -0.184. The molecule has 1 aliphatic heterocycles. The molecule has 21 heavy (non-hydrogen) atoms. The molecule has 0 saturated carbocycles. The Balaban J connectivity index is 1.82. The maximum atomic E-state index is 11.9. The highest BCUT2D eigenvalue weighted by molar-refractivity contribution is 9.10. The van der Waals surface area contributed by atoms with Gasteiger partial charge in [0.2, 0.25) is 5.91 Å². The van der Waals surface area contributed by atoms with Crippen LogP contribution in [0.3, 0.4) is 0 Å². The van der Waals surface area contributed by atoms with Crippen LogP contribution in [-0.4, -0.2) is 44.3 Å². The van der Waals surface area contributed by atoms with E-state index in [2.05, 4.69) is 26.6 Å². The van der Waals surface area contributed by atoms with Gasteiger partial charge in [0, 0.05) is 10.5 Å². The molecule has 1 fully saturated rings. The standard InChI is InChI=1S/C13H15BrN2O4S/c14-11-4-2-1-3-10(11)13(18)15-7-12(17)16-9-5-6-21(19,20)8-9/h1-4,9H,5-8H2,(H,15,18)(H,16,17). The van der Waals surface area contributed by atoms with Crippen molar-refractivity contribution in [3.05, 3.63) is 34.3 Å². The molecule has 114 valence electrons. The largest absolute Gasteiger partial charge is 0.351 e. The van der Waals surface area contributed by atoms with Crippen LogP contribution >= 0.6 is 15.9 Å². The zero-order valence-corrected chi connectivity index (χ0v) is 13.5. The summed E-state index contributed by atoms with van der Waals surface area (Å²) in [6, 6.07) is 6.53. The first kappa shape index (κ1) is 16.0. The second-order valence-corrected chi connectivity index (χ2v) is 7.91. The van der Waals surface area contributed by atoms with Crippen LogP contribution in [-0.2, 0) is 14.6 Å². The Morgan fingerprint density at radius 2 is 2.00 bits per heavy atom. The van der Waals surface area contributed by atoms with E-state index in [0.29, 0.717) is 16.5 Å². The highest BCUT2D eigenvalue weighted by atomic mass is 79.9. The predicted octanol–water partition coefficient (Wildman–Crippen LogP) is 0.482. The van der Waals surface area contributed by atoms with Gasteiger partial charge in [0.15, 0.2) is 9.84 Å². The fourth-order valence-corrected chi connectivity index (χ4v) is 4.23. The molecular formula is C13H15BrN2O4S. The fraction of sp³-hybridized carbons (Fsp3) is 0.385. The van der Waals surface area contributed by atoms with Gasteiger partial charge in [-0.3, -0.25) is 9.59 Å². The molecule has 2 rings (SSSR count). The van der Waals surface area contributed by atoms with E-state index < -0.39 is 15.7 Å². The lowest BCUT2D eigenvalue weighted by atomic mass is 10.2. The van der Waals surface area contributed by atoms with Gasteiger partial charge in [-0.2, -0.15) is 0 Å². The number of halogens is 1. The van der Waals surface area contributed by atoms with E-state index in [1.54, 1.807) is 24.3 Å². The lowest BCUT2D eigenvalue weighted by molar-refractivity contribution is -0.120. The number of carbonyl (C=O) groups excluding carboxylic acids is 2. The van der Waals surface area contributed by atoms with Crippen molar-refractivity contribution in [2.75, 3.05) is 18.1 Å². The zero-order chi connectivity index (χ0) is 15.5. The zero-order valence-electron chi connectivity index (χ0n) is 11.1. The number of sulfone groups is 1. The maximum absolute atomic E-state index is 11.9. The molecule has 0 spiro atoms. The van der Waals surface area contributed by atoms with Crippen LogP contribution in [0, 0.1) is 0 Å². The van der Waals surface area contributed by atoms with E-state index in [1.165, 1.54) is 0 Å². The Kier molecular flexibility index (Phi) is 5.00. The smallest absolute Gasteiger partial charge is 0.252 e. The molecule has 0 aliphatic carbocycles. The molecule has 1 heterocycles. The monoisotopic (exact) mass is 374 g/mol. The summed E-state index contributed by atoms with van der Waals surface area (Å²) in [6.07, 6.45) is 0.423. The molecule has 0 radical (unpaired) electrons. The van der Waals surface area contributed by atoms with Crippen LogP contribution in [0.1, 0.15) is 16.8 Å². The van der Waals surface area contributed by atoms with Crippen molar-refractivity contribution in [3.8, 4) is 0 Å². The summed E-state index contributed by atoms with van der Waals surface area (Å²) in [4.78, 5) is 23.6. The lowest BCUT2D eigenvalue weighted by Crippen LogP contribution is -2.42. The Labute approximate surface area is 131 Å². The van der Waals surface area contributed by atoms with Gasteiger partial charge in [-0.15, -0.1) is 0 Å². The van der Waals surface area contributed by atoms with Crippen LogP contribution in [0.15, 0.2) is 28.7 Å². The normalized spacial score (nSPS) is 20.0. The number of nitrogens with one attached hydrogen (secondary N) is 2. The molecule has 8 heteroatoms. The molecule has 1 atom stereocenters. The van der Waals surface area contributed by atoms with Gasteiger partial charge in [0.1, 0.15) is 0 Å². The van der Waals surface area contributed by atoms with E-state index in [-0.39, 0.29) is 30.0 Å². The van der Waals surface area contributed by atoms with Gasteiger partial charge in [0.05, 0.1) is 23.6 Å². The second kappa shape index (κ2) is 6.57. The third-order valence-corrected chi connectivity index (χ3v) is 5.58. The first-order valence-electron chi connectivity index (χ1n) is 6.40. The summed E-state index contributed by atoms with van der Waals surface area (Å²) in [5.41, 5.74) is 0.439. The Morgan fingerprint density at radius 3 is 2.62 bits per heavy atom. The Bertz CT molecular complexity index is 660. The molecule has 0 aromatic heterocycles. The molecule has 2 N–H and O–H groups in total. The van der Waals surface area contributed by atoms with Crippen LogP contribution in [0.25, 0.3) is 0 Å². The van der Waals surface area contributed by atoms with Crippen molar-refractivity contribution in [2.24, 2.45) is 0 Å². The van der Waals surface area contributed by atoms with Crippen molar-refractivity contribution < 1.29 is 18.0 Å². The second-order valence-electron chi connectivity index (χ2n) is 4.83. The number of hydrogen-bond donors (Lipinski definition) is 2. The van der Waals surface area contributed by atoms with Gasteiger partial charge in [-0.1, -0.05) is 12.1 Å². The van der Waals surface area contributed by atoms with Crippen molar-refractivity contribution >= 4 is 37.6 Å². The number of hydrogen-bond acceptors (Lipinski definition) is 4. The minimum Gasteiger partial charge on any atom is -0.351 e. The van der Waals surface area contributed by atoms with Crippen LogP contribution in [0.2, 0.25) is 0 Å².